The van der Waals surface area contributed by atoms with E-state index in [4.69, 9.17) is 19.7 Å². The SMILES string of the molecule is c1ccc(-c2nc(-c3cccc(-c4ccc(N5c6ccccc6Oc6ccccc65)cc4)c3)nc(-c3ccc4c(c3)C3(c5ccccc5-4)C4CC5CC(C4)CC3C5)n2)cc1. The molecule has 1 aromatic heterocycles. The number of hydrogen-bond acceptors (Lipinski definition) is 5. The smallest absolute Gasteiger partial charge is 0.164 e. The Labute approximate surface area is 350 Å². The molecular weight excluding hydrogens is 733 g/mol. The molecule has 60 heavy (non-hydrogen) atoms. The van der Waals surface area contributed by atoms with Crippen molar-refractivity contribution in [1.82, 2.24) is 15.0 Å². The molecule has 0 atom stereocenters. The lowest BCUT2D eigenvalue weighted by Crippen LogP contribution is -2.55. The minimum atomic E-state index is 0.0753. The van der Waals surface area contributed by atoms with Crippen LogP contribution in [0.2, 0.25) is 0 Å². The number of fused-ring (bicyclic) bond motifs is 5. The average Bonchev–Trinajstić information content (AvgIpc) is 3.60. The highest BCUT2D eigenvalue weighted by Gasteiger charge is 2.61. The third kappa shape index (κ3) is 5.08. The van der Waals surface area contributed by atoms with Gasteiger partial charge in [0.25, 0.3) is 0 Å². The average molecular weight is 775 g/mol. The Morgan fingerprint density at radius 3 is 1.65 bits per heavy atom. The number of para-hydroxylation sites is 4. The van der Waals surface area contributed by atoms with Gasteiger partial charge in [0.05, 0.1) is 11.4 Å². The van der Waals surface area contributed by atoms with Crippen molar-refractivity contribution in [3.05, 3.63) is 181 Å². The number of nitrogens with zero attached hydrogens (tertiary/aromatic N) is 4. The zero-order valence-corrected chi connectivity index (χ0v) is 33.2. The van der Waals surface area contributed by atoms with Crippen molar-refractivity contribution < 1.29 is 4.74 Å². The summed E-state index contributed by atoms with van der Waals surface area (Å²) >= 11 is 0. The molecule has 0 saturated heterocycles. The van der Waals surface area contributed by atoms with Crippen LogP contribution in [0.5, 0.6) is 11.5 Å². The molecule has 6 aliphatic rings. The normalized spacial score (nSPS) is 22.5. The lowest BCUT2D eigenvalue weighted by atomic mass is 9.43. The molecule has 8 aromatic rings. The van der Waals surface area contributed by atoms with Gasteiger partial charge in [0.2, 0.25) is 0 Å². The quantitative estimate of drug-likeness (QED) is 0.174. The van der Waals surface area contributed by atoms with Crippen LogP contribution >= 0.6 is 0 Å². The highest BCUT2D eigenvalue weighted by Crippen LogP contribution is 2.69. The maximum absolute atomic E-state index is 6.27. The zero-order chi connectivity index (χ0) is 39.4. The Hall–Kier alpha value is -6.85. The first-order chi connectivity index (χ1) is 29.7. The third-order valence-corrected chi connectivity index (χ3v) is 14.5. The maximum atomic E-state index is 6.27. The van der Waals surface area contributed by atoms with Crippen molar-refractivity contribution in [2.24, 2.45) is 23.7 Å². The molecule has 1 spiro atoms. The molecule has 5 nitrogen and oxygen atoms in total. The van der Waals surface area contributed by atoms with Gasteiger partial charge >= 0.3 is 0 Å². The summed E-state index contributed by atoms with van der Waals surface area (Å²) in [6.45, 7) is 0. The van der Waals surface area contributed by atoms with E-state index in [-0.39, 0.29) is 5.41 Å². The molecule has 4 saturated carbocycles. The molecule has 0 N–H and O–H groups in total. The third-order valence-electron chi connectivity index (χ3n) is 14.5. The Balaban J connectivity index is 0.899. The van der Waals surface area contributed by atoms with E-state index in [0.29, 0.717) is 23.5 Å². The predicted octanol–water partition coefficient (Wildman–Crippen LogP) is 13.8. The molecule has 288 valence electrons. The van der Waals surface area contributed by atoms with Gasteiger partial charge in [0.15, 0.2) is 29.0 Å². The summed E-state index contributed by atoms with van der Waals surface area (Å²) in [4.78, 5) is 18.0. The summed E-state index contributed by atoms with van der Waals surface area (Å²) in [6.07, 6.45) is 6.86. The van der Waals surface area contributed by atoms with Gasteiger partial charge in [-0.15, -0.1) is 0 Å². The van der Waals surface area contributed by atoms with Crippen LogP contribution in [0.4, 0.5) is 17.1 Å². The van der Waals surface area contributed by atoms with Crippen molar-refractivity contribution in [3.8, 4) is 67.9 Å². The predicted molar refractivity (Wildman–Crippen MR) is 240 cm³/mol. The van der Waals surface area contributed by atoms with E-state index in [2.05, 4.69) is 144 Å². The minimum Gasteiger partial charge on any atom is -0.453 e. The van der Waals surface area contributed by atoms with Gasteiger partial charge in [-0.05, 0) is 138 Å². The van der Waals surface area contributed by atoms with E-state index >= 15 is 0 Å². The second kappa shape index (κ2) is 13.1. The number of aromatic nitrogens is 3. The van der Waals surface area contributed by atoms with E-state index in [1.54, 1.807) is 5.56 Å². The summed E-state index contributed by atoms with van der Waals surface area (Å²) in [5, 5.41) is 0. The number of rotatable bonds is 5. The molecule has 7 aromatic carbocycles. The van der Waals surface area contributed by atoms with Gasteiger partial charge in [-0.25, -0.2) is 15.0 Å². The van der Waals surface area contributed by atoms with Crippen LogP contribution in [0.25, 0.3) is 56.4 Å². The van der Waals surface area contributed by atoms with E-state index in [1.165, 1.54) is 48.8 Å². The highest BCUT2D eigenvalue weighted by molar-refractivity contribution is 5.87. The zero-order valence-electron chi connectivity index (χ0n) is 33.2. The molecule has 4 bridgehead atoms. The van der Waals surface area contributed by atoms with Crippen molar-refractivity contribution >= 4 is 17.1 Å². The van der Waals surface area contributed by atoms with Crippen molar-refractivity contribution in [1.29, 1.82) is 0 Å². The van der Waals surface area contributed by atoms with Gasteiger partial charge < -0.3 is 9.64 Å². The first-order valence-electron chi connectivity index (χ1n) is 21.6. The molecule has 2 heterocycles. The molecule has 4 fully saturated rings. The van der Waals surface area contributed by atoms with Gasteiger partial charge in [0, 0.05) is 27.8 Å². The van der Waals surface area contributed by atoms with E-state index in [0.717, 1.165) is 74.0 Å². The summed E-state index contributed by atoms with van der Waals surface area (Å²) in [5.41, 5.74) is 14.3. The Morgan fingerprint density at radius 1 is 0.417 bits per heavy atom. The van der Waals surface area contributed by atoms with Crippen LogP contribution < -0.4 is 9.64 Å². The monoisotopic (exact) mass is 774 g/mol. The molecule has 5 aliphatic carbocycles. The molecule has 0 radical (unpaired) electrons. The Bertz CT molecular complexity index is 2920. The molecule has 5 heteroatoms. The fourth-order valence-corrected chi connectivity index (χ4v) is 12.3. The van der Waals surface area contributed by atoms with Crippen molar-refractivity contribution in [3.63, 3.8) is 0 Å². The van der Waals surface area contributed by atoms with Gasteiger partial charge in [-0.3, -0.25) is 0 Å². The highest BCUT2D eigenvalue weighted by atomic mass is 16.5. The van der Waals surface area contributed by atoms with Crippen LogP contribution in [0.1, 0.15) is 43.2 Å². The van der Waals surface area contributed by atoms with Crippen LogP contribution in [-0.4, -0.2) is 15.0 Å². The van der Waals surface area contributed by atoms with Crippen LogP contribution in [0, 0.1) is 23.7 Å². The summed E-state index contributed by atoms with van der Waals surface area (Å²) < 4.78 is 6.27. The van der Waals surface area contributed by atoms with Gasteiger partial charge in [-0.1, -0.05) is 121 Å². The van der Waals surface area contributed by atoms with Crippen molar-refractivity contribution in [2.75, 3.05) is 4.90 Å². The minimum absolute atomic E-state index is 0.0753. The van der Waals surface area contributed by atoms with Crippen LogP contribution in [-0.2, 0) is 5.41 Å². The number of ether oxygens (including phenoxy) is 1. The molecule has 0 amide bonds. The number of anilines is 3. The van der Waals surface area contributed by atoms with Crippen LogP contribution in [0.15, 0.2) is 170 Å². The Kier molecular flexibility index (Phi) is 7.42. The van der Waals surface area contributed by atoms with E-state index in [9.17, 15) is 0 Å². The van der Waals surface area contributed by atoms with Gasteiger partial charge in [-0.2, -0.15) is 0 Å². The summed E-state index contributed by atoms with van der Waals surface area (Å²) in [6, 6.07) is 60.6. The van der Waals surface area contributed by atoms with Crippen LogP contribution in [0.3, 0.4) is 0 Å². The first kappa shape index (κ1) is 34.1. The largest absolute Gasteiger partial charge is 0.453 e. The fourth-order valence-electron chi connectivity index (χ4n) is 12.3. The van der Waals surface area contributed by atoms with Crippen molar-refractivity contribution in [2.45, 2.75) is 37.5 Å². The molecule has 1 aliphatic heterocycles. The first-order valence-corrected chi connectivity index (χ1v) is 21.6. The molecule has 0 unspecified atom stereocenters. The number of hydrogen-bond donors (Lipinski definition) is 0. The fraction of sp³-hybridized carbons (Fsp3) is 0.182. The van der Waals surface area contributed by atoms with E-state index < -0.39 is 0 Å². The summed E-state index contributed by atoms with van der Waals surface area (Å²) in [7, 11) is 0. The Morgan fingerprint density at radius 2 is 0.950 bits per heavy atom. The number of benzene rings is 7. The van der Waals surface area contributed by atoms with E-state index in [1.807, 2.05) is 30.3 Å². The second-order valence-corrected chi connectivity index (χ2v) is 17.7. The lowest BCUT2D eigenvalue weighted by molar-refractivity contribution is -0.0399. The topological polar surface area (TPSA) is 51.1 Å². The lowest BCUT2D eigenvalue weighted by Gasteiger charge is -2.61. The second-order valence-electron chi connectivity index (χ2n) is 17.7. The molecular formula is C55H42N4O. The summed E-state index contributed by atoms with van der Waals surface area (Å²) in [5.74, 6) is 6.94. The molecule has 14 rings (SSSR count). The standard InChI is InChI=1S/C55H42N4O/c1-2-11-37(12-3-1)52-56-53(39-14-10-13-38(32-39)36-21-24-43(25-22-36)59-48-17-6-8-19-50(48)60-51-20-9-7-18-49(51)59)58-54(57-52)40-23-26-45-44-15-4-5-16-46(44)55(47(45)33-40)41-28-34-27-35(30-41)31-42(55)29-34/h1-26,32-35,41-42H,27-31H2. The van der Waals surface area contributed by atoms with Gasteiger partial charge in [0.1, 0.15) is 0 Å². The maximum Gasteiger partial charge on any atom is 0.164 e.